The fraction of sp³-hybridized carbons (Fsp3) is 0.316. The molecule has 0 unspecified atom stereocenters. The molecule has 2 aromatic rings. The molecule has 0 radical (unpaired) electrons. The highest BCUT2D eigenvalue weighted by atomic mass is 16.3. The van der Waals surface area contributed by atoms with Gasteiger partial charge in [0.1, 0.15) is 0 Å². The minimum atomic E-state index is -0.247. The molecule has 4 nitrogen and oxygen atoms in total. The minimum absolute atomic E-state index is 0.0509. The molecule has 3 N–H and O–H groups in total. The summed E-state index contributed by atoms with van der Waals surface area (Å²) in [7, 11) is 0. The molecule has 2 amide bonds. The number of carbonyl (C=O) groups is 1. The first-order chi connectivity index (χ1) is 11.2. The van der Waals surface area contributed by atoms with Crippen molar-refractivity contribution in [3.8, 4) is 0 Å². The van der Waals surface area contributed by atoms with E-state index in [0.717, 1.165) is 11.1 Å². The number of benzene rings is 2. The fourth-order valence-corrected chi connectivity index (χ4v) is 2.51. The number of carbonyl (C=O) groups excluding carboxylic acids is 1. The number of urea groups is 1. The molecule has 0 saturated carbocycles. The maximum absolute atomic E-state index is 12.0. The van der Waals surface area contributed by atoms with Gasteiger partial charge in [0.15, 0.2) is 0 Å². The third-order valence-electron chi connectivity index (χ3n) is 3.92. The fourth-order valence-electron chi connectivity index (χ4n) is 2.51. The molecule has 1 atom stereocenters. The quantitative estimate of drug-likeness (QED) is 0.736. The summed E-state index contributed by atoms with van der Waals surface area (Å²) in [6.07, 6.45) is 0.699. The van der Waals surface area contributed by atoms with Crippen LogP contribution in [-0.4, -0.2) is 30.3 Å². The highest BCUT2D eigenvalue weighted by Gasteiger charge is 2.16. The second kappa shape index (κ2) is 8.96. The number of aliphatic hydroxyl groups is 1. The van der Waals surface area contributed by atoms with Crippen molar-refractivity contribution in [2.75, 3.05) is 13.2 Å². The second-order valence-electron chi connectivity index (χ2n) is 5.52. The van der Waals surface area contributed by atoms with Gasteiger partial charge in [0, 0.05) is 12.5 Å². The van der Waals surface area contributed by atoms with Crippen molar-refractivity contribution in [2.45, 2.75) is 25.3 Å². The third-order valence-corrected chi connectivity index (χ3v) is 3.92. The number of hydrogen-bond acceptors (Lipinski definition) is 2. The maximum atomic E-state index is 12.0. The highest BCUT2D eigenvalue weighted by molar-refractivity contribution is 5.74. The number of aliphatic hydroxyl groups excluding tert-OH is 1. The van der Waals surface area contributed by atoms with Crippen molar-refractivity contribution < 1.29 is 9.90 Å². The summed E-state index contributed by atoms with van der Waals surface area (Å²) in [6, 6.07) is 19.8. The minimum Gasteiger partial charge on any atom is -0.394 e. The van der Waals surface area contributed by atoms with Crippen LogP contribution >= 0.6 is 0 Å². The third kappa shape index (κ3) is 5.11. The van der Waals surface area contributed by atoms with Gasteiger partial charge in [-0.2, -0.15) is 0 Å². The van der Waals surface area contributed by atoms with Crippen LogP contribution in [0.2, 0.25) is 0 Å². The van der Waals surface area contributed by atoms with E-state index < -0.39 is 0 Å². The molecule has 0 aromatic heterocycles. The van der Waals surface area contributed by atoms with Gasteiger partial charge in [0.2, 0.25) is 0 Å². The molecule has 0 aliphatic rings. The molecule has 23 heavy (non-hydrogen) atoms. The van der Waals surface area contributed by atoms with Crippen LogP contribution in [0.1, 0.15) is 30.4 Å². The zero-order valence-electron chi connectivity index (χ0n) is 13.4. The molecule has 0 heterocycles. The molecule has 0 spiro atoms. The van der Waals surface area contributed by atoms with E-state index in [-0.39, 0.29) is 24.6 Å². The summed E-state index contributed by atoms with van der Waals surface area (Å²) in [4.78, 5) is 12.0. The monoisotopic (exact) mass is 312 g/mol. The van der Waals surface area contributed by atoms with Crippen LogP contribution in [0.25, 0.3) is 0 Å². The van der Waals surface area contributed by atoms with E-state index >= 15 is 0 Å². The van der Waals surface area contributed by atoms with Gasteiger partial charge in [-0.05, 0) is 17.5 Å². The van der Waals surface area contributed by atoms with Crippen molar-refractivity contribution in [2.24, 2.45) is 0 Å². The van der Waals surface area contributed by atoms with Gasteiger partial charge in [-0.25, -0.2) is 4.79 Å². The Labute approximate surface area is 137 Å². The van der Waals surface area contributed by atoms with E-state index in [0.29, 0.717) is 13.0 Å². The molecule has 0 aliphatic carbocycles. The molecule has 2 rings (SSSR count). The Bertz CT molecular complexity index is 543. The molecule has 122 valence electrons. The Hall–Kier alpha value is -2.33. The number of hydrogen-bond donors (Lipinski definition) is 3. The smallest absolute Gasteiger partial charge is 0.315 e. The summed E-state index contributed by atoms with van der Waals surface area (Å²) in [6.45, 7) is 2.38. The normalized spacial score (nSPS) is 12.0. The first-order valence-corrected chi connectivity index (χ1v) is 7.99. The van der Waals surface area contributed by atoms with Gasteiger partial charge in [-0.15, -0.1) is 0 Å². The van der Waals surface area contributed by atoms with Crippen LogP contribution in [0.4, 0.5) is 4.79 Å². The van der Waals surface area contributed by atoms with Crippen LogP contribution in [0, 0.1) is 0 Å². The summed E-state index contributed by atoms with van der Waals surface area (Å²) >= 11 is 0. The van der Waals surface area contributed by atoms with Gasteiger partial charge in [0.05, 0.1) is 12.6 Å². The van der Waals surface area contributed by atoms with Crippen molar-refractivity contribution >= 4 is 6.03 Å². The van der Waals surface area contributed by atoms with E-state index in [9.17, 15) is 4.79 Å². The van der Waals surface area contributed by atoms with Gasteiger partial charge in [0.25, 0.3) is 0 Å². The molecule has 0 saturated heterocycles. The topological polar surface area (TPSA) is 61.4 Å². The molecular formula is C19H24N2O2. The SMILES string of the molecule is CC[C@H](CO)NC(=O)NCC(c1ccccc1)c1ccccc1. The molecule has 0 aliphatic heterocycles. The lowest BCUT2D eigenvalue weighted by Gasteiger charge is -2.20. The van der Waals surface area contributed by atoms with Gasteiger partial charge >= 0.3 is 6.03 Å². The Kier molecular flexibility index (Phi) is 6.63. The van der Waals surface area contributed by atoms with Crippen LogP contribution < -0.4 is 10.6 Å². The van der Waals surface area contributed by atoms with Crippen molar-refractivity contribution in [1.82, 2.24) is 10.6 Å². The molecule has 4 heteroatoms. The highest BCUT2D eigenvalue weighted by Crippen LogP contribution is 2.23. The van der Waals surface area contributed by atoms with Crippen LogP contribution in [0.15, 0.2) is 60.7 Å². The zero-order valence-corrected chi connectivity index (χ0v) is 13.4. The largest absolute Gasteiger partial charge is 0.394 e. The average Bonchev–Trinajstić information content (AvgIpc) is 2.61. The molecule has 0 fully saturated rings. The molecule has 0 bridgehead atoms. The first kappa shape index (κ1) is 17.0. The standard InChI is InChI=1S/C19H24N2O2/c1-2-17(14-22)21-19(23)20-13-18(15-9-5-3-6-10-15)16-11-7-4-8-12-16/h3-12,17-18,22H,2,13-14H2,1H3,(H2,20,21,23)/t17-/m1/s1. The lowest BCUT2D eigenvalue weighted by atomic mass is 9.91. The van der Waals surface area contributed by atoms with Gasteiger partial charge < -0.3 is 15.7 Å². The lowest BCUT2D eigenvalue weighted by Crippen LogP contribution is -2.44. The van der Waals surface area contributed by atoms with Crippen molar-refractivity contribution in [1.29, 1.82) is 0 Å². The van der Waals surface area contributed by atoms with Crippen LogP contribution in [0.5, 0.6) is 0 Å². The van der Waals surface area contributed by atoms with E-state index in [4.69, 9.17) is 5.11 Å². The van der Waals surface area contributed by atoms with Crippen LogP contribution in [0.3, 0.4) is 0 Å². The van der Waals surface area contributed by atoms with Crippen molar-refractivity contribution in [3.63, 3.8) is 0 Å². The predicted molar refractivity (Wildman–Crippen MR) is 92.4 cm³/mol. The second-order valence-corrected chi connectivity index (χ2v) is 5.52. The Morgan fingerprint density at radius 3 is 1.96 bits per heavy atom. The van der Waals surface area contributed by atoms with Crippen molar-refractivity contribution in [3.05, 3.63) is 71.8 Å². The summed E-state index contributed by atoms with van der Waals surface area (Å²) in [5, 5.41) is 14.9. The summed E-state index contributed by atoms with van der Waals surface area (Å²) < 4.78 is 0. The molecule has 2 aromatic carbocycles. The van der Waals surface area contributed by atoms with Gasteiger partial charge in [-0.1, -0.05) is 67.6 Å². The summed E-state index contributed by atoms with van der Waals surface area (Å²) in [5.41, 5.74) is 2.32. The number of nitrogens with one attached hydrogen (secondary N) is 2. The Balaban J connectivity index is 2.06. The van der Waals surface area contributed by atoms with Gasteiger partial charge in [-0.3, -0.25) is 0 Å². The van der Waals surface area contributed by atoms with Crippen LogP contribution in [-0.2, 0) is 0 Å². The number of amides is 2. The zero-order chi connectivity index (χ0) is 16.5. The van der Waals surface area contributed by atoms with E-state index in [1.807, 2.05) is 43.3 Å². The number of rotatable bonds is 7. The molecular weight excluding hydrogens is 288 g/mol. The van der Waals surface area contributed by atoms with E-state index in [2.05, 4.69) is 34.9 Å². The Morgan fingerprint density at radius 2 is 1.52 bits per heavy atom. The Morgan fingerprint density at radius 1 is 1.00 bits per heavy atom. The van der Waals surface area contributed by atoms with E-state index in [1.165, 1.54) is 0 Å². The predicted octanol–water partition coefficient (Wildman–Crippen LogP) is 2.89. The van der Waals surface area contributed by atoms with E-state index in [1.54, 1.807) is 0 Å². The first-order valence-electron chi connectivity index (χ1n) is 7.99. The lowest BCUT2D eigenvalue weighted by molar-refractivity contribution is 0.214. The average molecular weight is 312 g/mol. The maximum Gasteiger partial charge on any atom is 0.315 e. The summed E-state index contributed by atoms with van der Waals surface area (Å²) in [5.74, 6) is 0.0948.